The standard InChI is InChI=1S/C16H25NO/c1-12(2)16(7-8-16)11-17-10-14-9-13(3)5-6-15(14)18-4/h5-6,9,12,17H,7-8,10-11H2,1-4H3. The summed E-state index contributed by atoms with van der Waals surface area (Å²) in [7, 11) is 1.74. The molecule has 1 saturated carbocycles. The Labute approximate surface area is 111 Å². The van der Waals surface area contributed by atoms with Crippen LogP contribution < -0.4 is 10.1 Å². The van der Waals surface area contributed by atoms with Crippen LogP contribution in [0.5, 0.6) is 5.75 Å². The third-order valence-electron chi connectivity index (χ3n) is 4.35. The molecule has 1 fully saturated rings. The number of methoxy groups -OCH3 is 1. The summed E-state index contributed by atoms with van der Waals surface area (Å²) in [6.07, 6.45) is 2.76. The van der Waals surface area contributed by atoms with Gasteiger partial charge in [0, 0.05) is 18.7 Å². The molecular formula is C16H25NO. The van der Waals surface area contributed by atoms with Crippen LogP contribution >= 0.6 is 0 Å². The highest BCUT2D eigenvalue weighted by atomic mass is 16.5. The van der Waals surface area contributed by atoms with Crippen LogP contribution in [-0.2, 0) is 6.54 Å². The smallest absolute Gasteiger partial charge is 0.123 e. The summed E-state index contributed by atoms with van der Waals surface area (Å²) in [4.78, 5) is 0. The first-order valence-electron chi connectivity index (χ1n) is 6.92. The molecule has 0 spiro atoms. The second-order valence-electron chi connectivity index (χ2n) is 5.94. The van der Waals surface area contributed by atoms with Gasteiger partial charge in [-0.3, -0.25) is 0 Å². The summed E-state index contributed by atoms with van der Waals surface area (Å²) in [6.45, 7) is 8.82. The van der Waals surface area contributed by atoms with Gasteiger partial charge in [-0.25, -0.2) is 0 Å². The lowest BCUT2D eigenvalue weighted by molar-refractivity contribution is 0.336. The van der Waals surface area contributed by atoms with Crippen LogP contribution in [0.3, 0.4) is 0 Å². The lowest BCUT2D eigenvalue weighted by Crippen LogP contribution is -2.27. The van der Waals surface area contributed by atoms with Crippen LogP contribution in [-0.4, -0.2) is 13.7 Å². The fourth-order valence-electron chi connectivity index (χ4n) is 2.61. The van der Waals surface area contributed by atoms with E-state index in [1.807, 2.05) is 0 Å². The maximum atomic E-state index is 5.41. The third-order valence-corrected chi connectivity index (χ3v) is 4.35. The number of hydrogen-bond donors (Lipinski definition) is 1. The lowest BCUT2D eigenvalue weighted by Gasteiger charge is -2.20. The molecular weight excluding hydrogens is 222 g/mol. The van der Waals surface area contributed by atoms with E-state index in [1.165, 1.54) is 24.0 Å². The van der Waals surface area contributed by atoms with Crippen LogP contribution in [0.25, 0.3) is 0 Å². The molecule has 2 heteroatoms. The second kappa shape index (κ2) is 5.31. The van der Waals surface area contributed by atoms with Gasteiger partial charge in [-0.15, -0.1) is 0 Å². The van der Waals surface area contributed by atoms with Gasteiger partial charge in [-0.1, -0.05) is 31.5 Å². The molecule has 100 valence electrons. The van der Waals surface area contributed by atoms with E-state index < -0.39 is 0 Å². The van der Waals surface area contributed by atoms with E-state index >= 15 is 0 Å². The number of aryl methyl sites for hydroxylation is 1. The van der Waals surface area contributed by atoms with Crippen molar-refractivity contribution in [2.45, 2.75) is 40.2 Å². The van der Waals surface area contributed by atoms with Crippen LogP contribution in [0.2, 0.25) is 0 Å². The molecule has 0 bridgehead atoms. The van der Waals surface area contributed by atoms with Crippen LogP contribution in [0, 0.1) is 18.3 Å². The zero-order valence-corrected chi connectivity index (χ0v) is 12.0. The lowest BCUT2D eigenvalue weighted by atomic mass is 9.92. The van der Waals surface area contributed by atoms with Crippen molar-refractivity contribution in [2.24, 2.45) is 11.3 Å². The molecule has 1 aliphatic carbocycles. The minimum absolute atomic E-state index is 0.567. The molecule has 1 N–H and O–H groups in total. The maximum Gasteiger partial charge on any atom is 0.123 e. The van der Waals surface area contributed by atoms with Gasteiger partial charge < -0.3 is 10.1 Å². The first kappa shape index (κ1) is 13.4. The average Bonchev–Trinajstić information content (AvgIpc) is 3.10. The van der Waals surface area contributed by atoms with Crippen molar-refractivity contribution in [3.8, 4) is 5.75 Å². The molecule has 1 aliphatic rings. The molecule has 0 amide bonds. The number of rotatable bonds is 6. The predicted molar refractivity (Wildman–Crippen MR) is 75.9 cm³/mol. The largest absolute Gasteiger partial charge is 0.496 e. The predicted octanol–water partition coefficient (Wildman–Crippen LogP) is 3.53. The van der Waals surface area contributed by atoms with E-state index in [0.29, 0.717) is 5.41 Å². The third kappa shape index (κ3) is 2.86. The Morgan fingerprint density at radius 3 is 2.61 bits per heavy atom. The van der Waals surface area contributed by atoms with Crippen LogP contribution in [0.4, 0.5) is 0 Å². The summed E-state index contributed by atoms with van der Waals surface area (Å²) in [5, 5.41) is 3.61. The number of benzene rings is 1. The minimum Gasteiger partial charge on any atom is -0.496 e. The molecule has 0 unspecified atom stereocenters. The van der Waals surface area contributed by atoms with Gasteiger partial charge in [0.2, 0.25) is 0 Å². The number of ether oxygens (including phenoxy) is 1. The summed E-state index contributed by atoms with van der Waals surface area (Å²) < 4.78 is 5.41. The molecule has 1 aromatic carbocycles. The van der Waals surface area contributed by atoms with Gasteiger partial charge in [-0.2, -0.15) is 0 Å². The van der Waals surface area contributed by atoms with Crippen molar-refractivity contribution in [3.05, 3.63) is 29.3 Å². The second-order valence-corrected chi connectivity index (χ2v) is 5.94. The Morgan fingerprint density at radius 2 is 2.06 bits per heavy atom. The van der Waals surface area contributed by atoms with Crippen molar-refractivity contribution < 1.29 is 4.74 Å². The van der Waals surface area contributed by atoms with E-state index in [1.54, 1.807) is 7.11 Å². The van der Waals surface area contributed by atoms with E-state index in [9.17, 15) is 0 Å². The summed E-state index contributed by atoms with van der Waals surface area (Å²) >= 11 is 0. The fourth-order valence-corrected chi connectivity index (χ4v) is 2.61. The van der Waals surface area contributed by atoms with Crippen molar-refractivity contribution >= 4 is 0 Å². The molecule has 0 radical (unpaired) electrons. The Balaban J connectivity index is 1.92. The summed E-state index contributed by atoms with van der Waals surface area (Å²) in [5.41, 5.74) is 3.12. The first-order valence-corrected chi connectivity index (χ1v) is 6.92. The van der Waals surface area contributed by atoms with Gasteiger partial charge in [0.1, 0.15) is 5.75 Å². The Hall–Kier alpha value is -1.02. The average molecular weight is 247 g/mol. The molecule has 18 heavy (non-hydrogen) atoms. The van der Waals surface area contributed by atoms with Gasteiger partial charge in [0.25, 0.3) is 0 Å². The van der Waals surface area contributed by atoms with Gasteiger partial charge >= 0.3 is 0 Å². The molecule has 2 nitrogen and oxygen atoms in total. The van der Waals surface area contributed by atoms with Crippen LogP contribution in [0.15, 0.2) is 18.2 Å². The molecule has 0 atom stereocenters. The zero-order valence-electron chi connectivity index (χ0n) is 12.0. The Morgan fingerprint density at radius 1 is 1.33 bits per heavy atom. The van der Waals surface area contributed by atoms with Crippen molar-refractivity contribution in [1.82, 2.24) is 5.32 Å². The maximum absolute atomic E-state index is 5.41. The van der Waals surface area contributed by atoms with E-state index in [4.69, 9.17) is 4.74 Å². The van der Waals surface area contributed by atoms with E-state index in [2.05, 4.69) is 44.3 Å². The highest BCUT2D eigenvalue weighted by Gasteiger charge is 2.44. The normalized spacial score (nSPS) is 16.9. The summed E-state index contributed by atoms with van der Waals surface area (Å²) in [5.74, 6) is 1.77. The Bertz CT molecular complexity index is 408. The molecule has 2 rings (SSSR count). The van der Waals surface area contributed by atoms with Crippen LogP contribution in [0.1, 0.15) is 37.8 Å². The first-order chi connectivity index (χ1) is 8.57. The molecule has 0 aromatic heterocycles. The van der Waals surface area contributed by atoms with Crippen molar-refractivity contribution in [2.75, 3.05) is 13.7 Å². The number of nitrogens with one attached hydrogen (secondary N) is 1. The van der Waals surface area contributed by atoms with Gasteiger partial charge in [0.05, 0.1) is 7.11 Å². The minimum atomic E-state index is 0.567. The highest BCUT2D eigenvalue weighted by molar-refractivity contribution is 5.36. The van der Waals surface area contributed by atoms with Gasteiger partial charge in [0.15, 0.2) is 0 Å². The molecule has 0 aliphatic heterocycles. The monoisotopic (exact) mass is 247 g/mol. The zero-order chi connectivity index (χ0) is 13.2. The quantitative estimate of drug-likeness (QED) is 0.830. The van der Waals surface area contributed by atoms with E-state index in [-0.39, 0.29) is 0 Å². The topological polar surface area (TPSA) is 21.3 Å². The fraction of sp³-hybridized carbons (Fsp3) is 0.625. The molecule has 0 heterocycles. The molecule has 1 aromatic rings. The van der Waals surface area contributed by atoms with E-state index in [0.717, 1.165) is 24.8 Å². The molecule has 0 saturated heterocycles. The Kier molecular flexibility index (Phi) is 3.96. The highest BCUT2D eigenvalue weighted by Crippen LogP contribution is 2.51. The van der Waals surface area contributed by atoms with Crippen molar-refractivity contribution in [1.29, 1.82) is 0 Å². The van der Waals surface area contributed by atoms with Crippen molar-refractivity contribution in [3.63, 3.8) is 0 Å². The number of hydrogen-bond acceptors (Lipinski definition) is 2. The van der Waals surface area contributed by atoms with Gasteiger partial charge in [-0.05, 0) is 37.2 Å². The SMILES string of the molecule is COc1ccc(C)cc1CNCC1(C(C)C)CC1. The summed E-state index contributed by atoms with van der Waals surface area (Å²) in [6, 6.07) is 6.36.